The molecule has 1 aromatic heterocycles. The molecule has 0 bridgehead atoms. The number of rotatable bonds is 8. The molecule has 0 saturated heterocycles. The molecule has 0 N–H and O–H groups in total. The Morgan fingerprint density at radius 2 is 0.536 bits per heavy atom. The molecule has 0 aliphatic heterocycles. The molecule has 0 unspecified atom stereocenters. The fourth-order valence-electron chi connectivity index (χ4n) is 26.9. The Hall–Kier alpha value is -10.2. The summed E-state index contributed by atoms with van der Waals surface area (Å²) in [4.78, 5) is 49.0. The Morgan fingerprint density at radius 1 is 0.286 bits per heavy atom. The van der Waals surface area contributed by atoms with Gasteiger partial charge in [0.15, 0.2) is 5.41 Å². The standard InChI is InChI=1S/C77H14O6S/c78-72(13-7-4-10-84-13)81-8-9-82-73(79)77(74(80)83-11-12-5-2-1-3-6-12)75-68-60-52-42-32-24-16-14-15-18-22-20(16)28-36-30(22)40-34-26(18)27-19(15)23-21-17(14)25(24)33-39-29(21)37-31(23)41-35(27)45-44(34)54-48(40)58-50(36)56(46(52)38(28)32)64(68)66(58)70-62(54)63-55(45)49(41)59-51(37)57-47(39)53(43(33)42)61(60)69(75)65(57)67(59)71(63)76(70,75)77/h1-7,10H,8-9,11H2. The number of benzene rings is 19. The lowest BCUT2D eigenvalue weighted by Crippen LogP contribution is -2.39. The largest absolute Gasteiger partial charge is 0.461 e. The summed E-state index contributed by atoms with van der Waals surface area (Å²) in [6.07, 6.45) is 0. The van der Waals surface area contributed by atoms with E-state index in [1.54, 1.807) is 16.8 Å². The first-order chi connectivity index (χ1) is 41.6. The normalized spacial score (nSPS) is 22.0. The van der Waals surface area contributed by atoms with Gasteiger partial charge in [0.1, 0.15) is 24.7 Å². The second-order valence-electron chi connectivity index (χ2n) is 28.3. The van der Waals surface area contributed by atoms with Gasteiger partial charge in [0, 0.05) is 0 Å². The van der Waals surface area contributed by atoms with Gasteiger partial charge in [-0.1, -0.05) is 36.4 Å². The second kappa shape index (κ2) is 8.36. The van der Waals surface area contributed by atoms with E-state index in [1.807, 2.05) is 41.8 Å². The summed E-state index contributed by atoms with van der Waals surface area (Å²) in [7, 11) is 0. The van der Waals surface area contributed by atoms with Gasteiger partial charge in [-0.2, -0.15) is 0 Å². The van der Waals surface area contributed by atoms with E-state index in [2.05, 4.69) is 0 Å². The molecule has 1 saturated carbocycles. The molecule has 5 aliphatic rings. The molecular weight excluding hydrogens is 1050 g/mol. The van der Waals surface area contributed by atoms with Gasteiger partial charge < -0.3 is 14.2 Å². The fraction of sp³-hybridized carbons (Fsp3) is 0.0779. The van der Waals surface area contributed by atoms with Crippen LogP contribution in [0.25, 0.3) is 291 Å². The summed E-state index contributed by atoms with van der Waals surface area (Å²) in [6, 6.07) is 13.6. The molecule has 6 nitrogen and oxygen atoms in total. The number of hydrogen-bond acceptors (Lipinski definition) is 7. The van der Waals surface area contributed by atoms with Gasteiger partial charge in [-0.15, -0.1) is 11.3 Å². The van der Waals surface area contributed by atoms with Crippen LogP contribution in [0, 0.1) is 5.41 Å². The molecule has 1 fully saturated rings. The van der Waals surface area contributed by atoms with Crippen LogP contribution in [-0.4, -0.2) is 31.1 Å². The number of ether oxygens (including phenoxy) is 3. The van der Waals surface area contributed by atoms with Gasteiger partial charge >= 0.3 is 17.9 Å². The van der Waals surface area contributed by atoms with Crippen LogP contribution in [0.5, 0.6) is 0 Å². The van der Waals surface area contributed by atoms with E-state index in [1.165, 1.54) is 314 Å². The minimum absolute atomic E-state index is 0.0121. The molecule has 35 rings (SSSR count). The lowest BCUT2D eigenvalue weighted by molar-refractivity contribution is -0.168. The number of carbonyl (C=O) groups is 3. The monoisotopic (exact) mass is 1070 g/mol. The maximum atomic E-state index is 17.5. The maximum absolute atomic E-state index is 17.5. The summed E-state index contributed by atoms with van der Waals surface area (Å²) < 4.78 is 19.9. The summed E-state index contributed by atoms with van der Waals surface area (Å²) in [5, 5.41) is 79.3. The van der Waals surface area contributed by atoms with Crippen LogP contribution in [0.3, 0.4) is 0 Å². The van der Waals surface area contributed by atoms with Crippen molar-refractivity contribution in [3.8, 4) is 0 Å². The van der Waals surface area contributed by atoms with Gasteiger partial charge in [0.25, 0.3) is 0 Å². The van der Waals surface area contributed by atoms with Gasteiger partial charge in [-0.3, -0.25) is 9.59 Å². The van der Waals surface area contributed by atoms with Crippen LogP contribution in [-0.2, 0) is 41.2 Å². The summed E-state index contributed by atoms with van der Waals surface area (Å²) >= 11 is 1.33. The molecule has 1 heterocycles. The number of carbonyl (C=O) groups excluding carboxylic acids is 3. The third-order valence-corrected chi connectivity index (χ3v) is 28.3. The zero-order chi connectivity index (χ0) is 51.5. The molecule has 2 spiro atoms. The molecule has 0 atom stereocenters. The van der Waals surface area contributed by atoms with E-state index in [4.69, 9.17) is 14.2 Å². The van der Waals surface area contributed by atoms with Crippen LogP contribution in [0.15, 0.2) is 47.8 Å². The Morgan fingerprint density at radius 3 is 0.798 bits per heavy atom. The first-order valence-corrected chi connectivity index (χ1v) is 30.9. The maximum Gasteiger partial charge on any atom is 0.348 e. The lowest BCUT2D eigenvalue weighted by atomic mass is 9.68. The first kappa shape index (κ1) is 34.3. The van der Waals surface area contributed by atoms with Crippen molar-refractivity contribution in [2.45, 2.75) is 17.4 Å². The SMILES string of the molecule is O=C(OCCOC(=O)C1(C(=O)OCc2ccccc2)C23c4c5c6c7c8c9c(c%10c%11c2c2c4c4c%12c5c5c6c6c8c8c%13c9c9c%10c%10c%11c%11c2c2c4c4c%12c%12c5c5c6c8c6c8c%13c9c9c%10c%10c%11c2c2c4c4c%12c5c6c5c8c9c%10c2c45)C713)c1cccs1. The van der Waals surface area contributed by atoms with E-state index in [0.29, 0.717) is 4.88 Å². The molecule has 364 valence electrons. The Bertz CT molecular complexity index is 7580. The van der Waals surface area contributed by atoms with Crippen molar-refractivity contribution in [3.05, 3.63) is 80.5 Å². The zero-order valence-corrected chi connectivity index (χ0v) is 43.4. The molecule has 29 aromatic carbocycles. The smallest absolute Gasteiger partial charge is 0.348 e. The summed E-state index contributed by atoms with van der Waals surface area (Å²) in [6.45, 7) is -0.332. The third kappa shape index (κ3) is 2.02. The van der Waals surface area contributed by atoms with E-state index in [9.17, 15) is 4.79 Å². The van der Waals surface area contributed by atoms with Crippen molar-refractivity contribution in [1.82, 2.24) is 0 Å². The predicted molar refractivity (Wildman–Crippen MR) is 338 cm³/mol. The van der Waals surface area contributed by atoms with Crippen LogP contribution in [0.2, 0.25) is 0 Å². The van der Waals surface area contributed by atoms with Gasteiger partial charge in [-0.25, -0.2) is 4.79 Å². The second-order valence-corrected chi connectivity index (χ2v) is 29.3. The van der Waals surface area contributed by atoms with Crippen molar-refractivity contribution in [2.24, 2.45) is 5.41 Å². The average molecular weight is 1070 g/mol. The molecule has 84 heavy (non-hydrogen) atoms. The van der Waals surface area contributed by atoms with Crippen molar-refractivity contribution in [2.75, 3.05) is 13.2 Å². The minimum atomic E-state index is -1.91. The third-order valence-electron chi connectivity index (χ3n) is 27.5. The van der Waals surface area contributed by atoms with Crippen molar-refractivity contribution < 1.29 is 28.6 Å². The molecule has 5 aliphatic carbocycles. The van der Waals surface area contributed by atoms with Crippen LogP contribution in [0.4, 0.5) is 0 Å². The fourth-order valence-corrected chi connectivity index (χ4v) is 27.5. The molecule has 0 radical (unpaired) electrons. The van der Waals surface area contributed by atoms with E-state index < -0.39 is 34.2 Å². The highest BCUT2D eigenvalue weighted by atomic mass is 32.1. The van der Waals surface area contributed by atoms with Gasteiger partial charge in [0.05, 0.1) is 10.8 Å². The minimum Gasteiger partial charge on any atom is -0.461 e. The molecule has 0 amide bonds. The molecular formula is C77H14O6S. The summed E-state index contributed by atoms with van der Waals surface area (Å²) in [5.41, 5.74) is 1.26. The van der Waals surface area contributed by atoms with Crippen molar-refractivity contribution in [3.63, 3.8) is 0 Å². The number of esters is 3. The van der Waals surface area contributed by atoms with E-state index in [-0.39, 0.29) is 19.8 Å². The highest BCUT2D eigenvalue weighted by molar-refractivity contribution is 7.12. The van der Waals surface area contributed by atoms with Crippen LogP contribution in [0.1, 0.15) is 37.5 Å². The highest BCUT2D eigenvalue weighted by Gasteiger charge is 3.01. The van der Waals surface area contributed by atoms with Crippen LogP contribution < -0.4 is 0 Å². The lowest BCUT2D eigenvalue weighted by Gasteiger charge is -2.32. The molecule has 30 aromatic rings. The first-order valence-electron chi connectivity index (χ1n) is 30.0. The zero-order valence-electron chi connectivity index (χ0n) is 42.6. The summed E-state index contributed by atoms with van der Waals surface area (Å²) in [5.74, 6) is -1.53. The van der Waals surface area contributed by atoms with Crippen molar-refractivity contribution >= 4 is 320 Å². The quantitative estimate of drug-likeness (QED) is 0.0496. The Labute approximate surface area is 462 Å². The predicted octanol–water partition coefficient (Wildman–Crippen LogP) is 18.5. The van der Waals surface area contributed by atoms with E-state index in [0.717, 1.165) is 5.56 Å². The topological polar surface area (TPSA) is 78.9 Å². The average Bonchev–Trinajstić information content (AvgIpc) is 1.36. The van der Waals surface area contributed by atoms with E-state index >= 15 is 9.59 Å². The Kier molecular flexibility index (Phi) is 3.41. The number of hydrogen-bond donors (Lipinski definition) is 0. The number of thiophene rings is 1. The molecule has 7 heteroatoms. The van der Waals surface area contributed by atoms with Crippen molar-refractivity contribution in [1.29, 1.82) is 0 Å². The Balaban J connectivity index is 0.926. The highest BCUT2D eigenvalue weighted by Crippen LogP contribution is 2.96. The van der Waals surface area contributed by atoms with Gasteiger partial charge in [0.2, 0.25) is 0 Å². The van der Waals surface area contributed by atoms with Gasteiger partial charge in [-0.05, 0) is 330 Å². The van der Waals surface area contributed by atoms with Crippen LogP contribution >= 0.6 is 11.3 Å².